The summed E-state index contributed by atoms with van der Waals surface area (Å²) in [6.45, 7) is 0.615. The van der Waals surface area contributed by atoms with Crippen LogP contribution in [0.4, 0.5) is 0 Å². The summed E-state index contributed by atoms with van der Waals surface area (Å²) >= 11 is 11.8. The molecule has 0 fully saturated rings. The number of guanidine groups is 1. The van der Waals surface area contributed by atoms with Crippen molar-refractivity contribution in [1.29, 1.82) is 0 Å². The first-order chi connectivity index (χ1) is 15.1. The van der Waals surface area contributed by atoms with Crippen LogP contribution in [0.25, 0.3) is 0 Å². The van der Waals surface area contributed by atoms with Gasteiger partial charge in [0.1, 0.15) is 23.3 Å². The van der Waals surface area contributed by atoms with Crippen molar-refractivity contribution in [2.45, 2.75) is 23.8 Å². The van der Waals surface area contributed by atoms with Crippen LogP contribution in [-0.2, 0) is 26.1 Å². The van der Waals surface area contributed by atoms with Crippen LogP contribution in [0, 0.1) is 0 Å². The van der Waals surface area contributed by atoms with Gasteiger partial charge in [0.2, 0.25) is 16.0 Å². The van der Waals surface area contributed by atoms with E-state index < -0.39 is 22.0 Å². The Morgan fingerprint density at radius 1 is 1.12 bits per heavy atom. The predicted molar refractivity (Wildman–Crippen MR) is 120 cm³/mol. The molecule has 0 aliphatic heterocycles. The lowest BCUT2D eigenvalue weighted by Crippen LogP contribution is -2.42. The summed E-state index contributed by atoms with van der Waals surface area (Å²) in [5.41, 5.74) is 10.8. The second-order valence-corrected chi connectivity index (χ2v) is 8.93. The lowest BCUT2D eigenvalue weighted by atomic mass is 10.1. The highest BCUT2D eigenvalue weighted by Crippen LogP contribution is 2.29. The number of carboxylic acids is 1. The molecule has 0 heterocycles. The van der Waals surface area contributed by atoms with E-state index in [0.29, 0.717) is 24.3 Å². The highest BCUT2D eigenvalue weighted by Gasteiger charge is 2.27. The van der Waals surface area contributed by atoms with Crippen LogP contribution in [0.5, 0.6) is 5.75 Å². The van der Waals surface area contributed by atoms with Gasteiger partial charge >= 0.3 is 5.97 Å². The summed E-state index contributed by atoms with van der Waals surface area (Å²) < 4.78 is 32.9. The zero-order valence-electron chi connectivity index (χ0n) is 16.7. The van der Waals surface area contributed by atoms with Gasteiger partial charge in [0, 0.05) is 6.42 Å². The van der Waals surface area contributed by atoms with Crippen molar-refractivity contribution in [3.63, 3.8) is 0 Å². The third-order valence-corrected chi connectivity index (χ3v) is 6.43. The summed E-state index contributed by atoms with van der Waals surface area (Å²) in [6.07, 6.45) is 0.437. The number of nitrogens with one attached hydrogen (secondary N) is 1. The van der Waals surface area contributed by atoms with Crippen molar-refractivity contribution in [3.05, 3.63) is 58.1 Å². The van der Waals surface area contributed by atoms with Gasteiger partial charge in [-0.05, 0) is 41.4 Å². The van der Waals surface area contributed by atoms with Crippen molar-refractivity contribution in [2.75, 3.05) is 13.2 Å². The van der Waals surface area contributed by atoms with E-state index in [-0.39, 0.29) is 33.9 Å². The lowest BCUT2D eigenvalue weighted by Gasteiger charge is -2.16. The number of carbonyl (C=O) groups is 1. The van der Waals surface area contributed by atoms with E-state index in [1.807, 2.05) is 0 Å². The van der Waals surface area contributed by atoms with Crippen molar-refractivity contribution in [1.82, 2.24) is 4.72 Å². The molecule has 0 bridgehead atoms. The first kappa shape index (κ1) is 25.5. The second-order valence-electron chi connectivity index (χ2n) is 6.46. The maximum Gasteiger partial charge on any atom is 0.322 e. The number of rotatable bonds is 12. The van der Waals surface area contributed by atoms with Crippen LogP contribution in [0.15, 0.2) is 52.5 Å². The van der Waals surface area contributed by atoms with Crippen LogP contribution in [0.1, 0.15) is 12.0 Å². The summed E-state index contributed by atoms with van der Waals surface area (Å²) in [7, 11) is -4.22. The van der Waals surface area contributed by atoms with Crippen LogP contribution >= 0.6 is 23.2 Å². The Morgan fingerprint density at radius 3 is 2.44 bits per heavy atom. The molecule has 32 heavy (non-hydrogen) atoms. The minimum atomic E-state index is -4.22. The number of nitrogens with zero attached hydrogens (tertiary/aromatic N) is 1. The molecule has 174 valence electrons. The van der Waals surface area contributed by atoms with E-state index in [9.17, 15) is 18.3 Å². The summed E-state index contributed by atoms with van der Waals surface area (Å²) in [5, 5.41) is 12.7. The molecule has 2 rings (SSSR count). The van der Waals surface area contributed by atoms with Crippen molar-refractivity contribution in [3.8, 4) is 5.75 Å². The minimum Gasteiger partial charge on any atom is -0.493 e. The SMILES string of the molecule is NC(N)=NOCCCOc1ccc(CC(NS(=O)(=O)c2cccc(Cl)c2Cl)C(=O)O)cc1. The molecule has 10 nitrogen and oxygen atoms in total. The monoisotopic (exact) mass is 504 g/mol. The number of sulfonamides is 1. The first-order valence-corrected chi connectivity index (χ1v) is 11.5. The Labute approximate surface area is 195 Å². The van der Waals surface area contributed by atoms with Gasteiger partial charge in [0.15, 0.2) is 0 Å². The van der Waals surface area contributed by atoms with Gasteiger partial charge in [-0.15, -0.1) is 0 Å². The third-order valence-electron chi connectivity index (χ3n) is 3.98. The molecule has 0 spiro atoms. The molecule has 0 saturated carbocycles. The van der Waals surface area contributed by atoms with Gasteiger partial charge in [-0.2, -0.15) is 4.72 Å². The number of carboxylic acid groups (broad SMARTS) is 1. The lowest BCUT2D eigenvalue weighted by molar-refractivity contribution is -0.138. The molecule has 0 aliphatic carbocycles. The molecule has 1 atom stereocenters. The number of benzene rings is 2. The van der Waals surface area contributed by atoms with E-state index in [4.69, 9.17) is 44.2 Å². The van der Waals surface area contributed by atoms with Gasteiger partial charge < -0.3 is 26.1 Å². The van der Waals surface area contributed by atoms with Gasteiger partial charge in [0.05, 0.1) is 16.7 Å². The molecule has 0 amide bonds. The molecule has 2 aromatic rings. The molecule has 0 aliphatic rings. The van der Waals surface area contributed by atoms with Gasteiger partial charge in [-0.25, -0.2) is 8.42 Å². The summed E-state index contributed by atoms with van der Waals surface area (Å²) in [6, 6.07) is 9.23. The number of hydrogen-bond donors (Lipinski definition) is 4. The number of hydrogen-bond acceptors (Lipinski definition) is 6. The first-order valence-electron chi connectivity index (χ1n) is 9.22. The van der Waals surface area contributed by atoms with E-state index in [0.717, 1.165) is 0 Å². The van der Waals surface area contributed by atoms with E-state index in [1.54, 1.807) is 24.3 Å². The molecule has 13 heteroatoms. The molecular weight excluding hydrogens is 483 g/mol. The van der Waals surface area contributed by atoms with Crippen LogP contribution in [-0.4, -0.2) is 44.7 Å². The zero-order valence-corrected chi connectivity index (χ0v) is 19.0. The second kappa shape index (κ2) is 11.8. The number of halogens is 2. The Morgan fingerprint density at radius 2 is 1.81 bits per heavy atom. The Kier molecular flexibility index (Phi) is 9.39. The normalized spacial score (nSPS) is 12.1. The molecule has 1 unspecified atom stereocenters. The molecule has 0 saturated heterocycles. The standard InChI is InChI=1S/C19H22Cl2N4O6S/c20-14-3-1-4-16(17(14)21)32(28,29)25-15(18(26)27)11-12-5-7-13(8-6-12)30-9-2-10-31-24-19(22)23/h1,3-8,15,25H,2,9-11H2,(H,26,27)(H4,22,23,24). The molecule has 6 N–H and O–H groups in total. The summed E-state index contributed by atoms with van der Waals surface area (Å²) in [5.74, 6) is -0.958. The van der Waals surface area contributed by atoms with Gasteiger partial charge in [0.25, 0.3) is 0 Å². The largest absolute Gasteiger partial charge is 0.493 e. The fourth-order valence-electron chi connectivity index (χ4n) is 2.51. The smallest absolute Gasteiger partial charge is 0.322 e. The highest BCUT2D eigenvalue weighted by molar-refractivity contribution is 7.89. The summed E-state index contributed by atoms with van der Waals surface area (Å²) in [4.78, 5) is 16.2. The average Bonchev–Trinajstić information content (AvgIpc) is 2.72. The fraction of sp³-hybridized carbons (Fsp3) is 0.263. The highest BCUT2D eigenvalue weighted by atomic mass is 35.5. The van der Waals surface area contributed by atoms with Gasteiger partial charge in [-0.3, -0.25) is 4.79 Å². The maximum absolute atomic E-state index is 12.6. The Bertz CT molecular complexity index is 1060. The third kappa shape index (κ3) is 7.75. The van der Waals surface area contributed by atoms with Gasteiger partial charge in [-0.1, -0.05) is 41.4 Å². The van der Waals surface area contributed by atoms with Crippen molar-refractivity contribution in [2.24, 2.45) is 16.6 Å². The van der Waals surface area contributed by atoms with Crippen LogP contribution < -0.4 is 20.9 Å². The molecule has 2 aromatic carbocycles. The van der Waals surface area contributed by atoms with Crippen LogP contribution in [0.2, 0.25) is 10.0 Å². The van der Waals surface area contributed by atoms with Crippen LogP contribution in [0.3, 0.4) is 0 Å². The number of ether oxygens (including phenoxy) is 1. The number of oxime groups is 1. The van der Waals surface area contributed by atoms with Crippen molar-refractivity contribution >= 4 is 45.2 Å². The Balaban J connectivity index is 1.97. The molecule has 0 aromatic heterocycles. The predicted octanol–water partition coefficient (Wildman–Crippen LogP) is 1.94. The average molecular weight is 505 g/mol. The van der Waals surface area contributed by atoms with E-state index >= 15 is 0 Å². The quantitative estimate of drug-likeness (QED) is 0.147. The Hall–Kier alpha value is -2.73. The van der Waals surface area contributed by atoms with Crippen molar-refractivity contribution < 1.29 is 27.9 Å². The molecular formula is C19H22Cl2N4O6S. The number of aliphatic carboxylic acids is 1. The van der Waals surface area contributed by atoms with E-state index in [1.165, 1.54) is 18.2 Å². The number of nitrogens with two attached hydrogens (primary N) is 2. The molecule has 0 radical (unpaired) electrons. The fourth-order valence-corrected chi connectivity index (χ4v) is 4.46. The topological polar surface area (TPSA) is 166 Å². The minimum absolute atomic E-state index is 0.0415. The zero-order chi connectivity index (χ0) is 23.7. The van der Waals surface area contributed by atoms with E-state index in [2.05, 4.69) is 9.88 Å². The maximum atomic E-state index is 12.6.